The standard InChI is InChI=1S/C12H22N2O2/c1-2-13-4-6-14(7-5-13)9-11-10-16-8-3-12(11)15/h11H,2-10H2,1H3. The smallest absolute Gasteiger partial charge is 0.141 e. The molecule has 2 aliphatic rings. The van der Waals surface area contributed by atoms with Crippen LogP contribution in [0.25, 0.3) is 0 Å². The molecule has 2 rings (SSSR count). The maximum Gasteiger partial charge on any atom is 0.141 e. The minimum absolute atomic E-state index is 0.127. The van der Waals surface area contributed by atoms with Gasteiger partial charge in [0.25, 0.3) is 0 Å². The van der Waals surface area contributed by atoms with E-state index in [-0.39, 0.29) is 5.92 Å². The van der Waals surface area contributed by atoms with Gasteiger partial charge in [0, 0.05) is 39.1 Å². The first-order chi connectivity index (χ1) is 7.79. The summed E-state index contributed by atoms with van der Waals surface area (Å²) in [6, 6.07) is 0. The van der Waals surface area contributed by atoms with Gasteiger partial charge < -0.3 is 9.64 Å². The Labute approximate surface area is 97.5 Å². The highest BCUT2D eigenvalue weighted by atomic mass is 16.5. The fraction of sp³-hybridized carbons (Fsp3) is 0.917. The number of hydrogen-bond donors (Lipinski definition) is 0. The summed E-state index contributed by atoms with van der Waals surface area (Å²) in [4.78, 5) is 16.5. The maximum atomic E-state index is 11.7. The van der Waals surface area contributed by atoms with Crippen LogP contribution in [0.5, 0.6) is 0 Å². The van der Waals surface area contributed by atoms with Crippen LogP contribution in [0.3, 0.4) is 0 Å². The molecule has 0 saturated carbocycles. The van der Waals surface area contributed by atoms with E-state index in [1.165, 1.54) is 0 Å². The normalized spacial score (nSPS) is 29.6. The Morgan fingerprint density at radius 2 is 1.94 bits per heavy atom. The number of carbonyl (C=O) groups excluding carboxylic acids is 1. The highest BCUT2D eigenvalue weighted by molar-refractivity contribution is 5.82. The van der Waals surface area contributed by atoms with Crippen molar-refractivity contribution >= 4 is 5.78 Å². The topological polar surface area (TPSA) is 32.8 Å². The molecule has 2 heterocycles. The summed E-state index contributed by atoms with van der Waals surface area (Å²) in [5, 5.41) is 0. The Balaban J connectivity index is 1.75. The van der Waals surface area contributed by atoms with Crippen molar-refractivity contribution in [2.75, 3.05) is 52.5 Å². The summed E-state index contributed by atoms with van der Waals surface area (Å²) in [7, 11) is 0. The first-order valence-corrected chi connectivity index (χ1v) is 6.34. The van der Waals surface area contributed by atoms with Crippen molar-refractivity contribution in [1.82, 2.24) is 9.80 Å². The van der Waals surface area contributed by atoms with E-state index in [0.29, 0.717) is 25.4 Å². The molecule has 2 saturated heterocycles. The number of ether oxygens (including phenoxy) is 1. The fourth-order valence-electron chi connectivity index (χ4n) is 2.45. The lowest BCUT2D eigenvalue weighted by Gasteiger charge is -2.36. The summed E-state index contributed by atoms with van der Waals surface area (Å²) in [5.74, 6) is 0.520. The molecule has 0 aliphatic carbocycles. The number of piperazine rings is 1. The van der Waals surface area contributed by atoms with Gasteiger partial charge in [-0.05, 0) is 6.54 Å². The molecule has 0 spiro atoms. The van der Waals surface area contributed by atoms with E-state index in [9.17, 15) is 4.79 Å². The maximum absolute atomic E-state index is 11.7. The Kier molecular flexibility index (Phi) is 4.32. The average molecular weight is 226 g/mol. The molecule has 0 aromatic carbocycles. The van der Waals surface area contributed by atoms with Crippen LogP contribution >= 0.6 is 0 Å². The van der Waals surface area contributed by atoms with E-state index >= 15 is 0 Å². The van der Waals surface area contributed by atoms with Crippen LogP contribution in [-0.2, 0) is 9.53 Å². The monoisotopic (exact) mass is 226 g/mol. The highest BCUT2D eigenvalue weighted by Gasteiger charge is 2.26. The van der Waals surface area contributed by atoms with Crippen molar-refractivity contribution in [2.24, 2.45) is 5.92 Å². The molecule has 0 aromatic heterocycles. The molecule has 0 bridgehead atoms. The molecule has 92 valence electrons. The van der Waals surface area contributed by atoms with Crippen molar-refractivity contribution in [3.63, 3.8) is 0 Å². The Morgan fingerprint density at radius 1 is 1.25 bits per heavy atom. The summed E-state index contributed by atoms with van der Waals surface area (Å²) < 4.78 is 5.38. The van der Waals surface area contributed by atoms with Crippen molar-refractivity contribution in [3.8, 4) is 0 Å². The Hall–Kier alpha value is -0.450. The highest BCUT2D eigenvalue weighted by Crippen LogP contribution is 2.13. The third-order valence-electron chi connectivity index (χ3n) is 3.66. The fourth-order valence-corrected chi connectivity index (χ4v) is 2.45. The van der Waals surface area contributed by atoms with Crippen LogP contribution in [0.15, 0.2) is 0 Å². The first kappa shape index (κ1) is 12.0. The predicted octanol–water partition coefficient (Wildman–Crippen LogP) is 0.230. The van der Waals surface area contributed by atoms with Crippen LogP contribution < -0.4 is 0 Å². The second-order valence-electron chi connectivity index (χ2n) is 4.72. The zero-order valence-electron chi connectivity index (χ0n) is 10.2. The number of nitrogens with zero attached hydrogens (tertiary/aromatic N) is 2. The number of hydrogen-bond acceptors (Lipinski definition) is 4. The molecular formula is C12H22N2O2. The average Bonchev–Trinajstić information content (AvgIpc) is 2.33. The summed E-state index contributed by atoms with van der Waals surface area (Å²) in [5.41, 5.74) is 0. The molecule has 2 fully saturated rings. The first-order valence-electron chi connectivity index (χ1n) is 6.34. The van der Waals surface area contributed by atoms with Crippen molar-refractivity contribution in [1.29, 1.82) is 0 Å². The number of rotatable bonds is 3. The third-order valence-corrected chi connectivity index (χ3v) is 3.66. The molecule has 0 aromatic rings. The van der Waals surface area contributed by atoms with E-state index in [4.69, 9.17) is 4.74 Å². The second kappa shape index (κ2) is 5.75. The van der Waals surface area contributed by atoms with Crippen LogP contribution in [-0.4, -0.2) is 68.1 Å². The lowest BCUT2D eigenvalue weighted by atomic mass is 10.00. The molecule has 0 N–H and O–H groups in total. The molecule has 0 radical (unpaired) electrons. The van der Waals surface area contributed by atoms with Crippen molar-refractivity contribution in [2.45, 2.75) is 13.3 Å². The predicted molar refractivity (Wildman–Crippen MR) is 62.5 cm³/mol. The minimum Gasteiger partial charge on any atom is -0.380 e. The second-order valence-corrected chi connectivity index (χ2v) is 4.72. The molecule has 1 atom stereocenters. The SMILES string of the molecule is CCN1CCN(CC2COCCC2=O)CC1. The zero-order chi connectivity index (χ0) is 11.4. The van der Waals surface area contributed by atoms with Gasteiger partial charge in [0.15, 0.2) is 0 Å². The van der Waals surface area contributed by atoms with Crippen LogP contribution in [0.2, 0.25) is 0 Å². The van der Waals surface area contributed by atoms with Gasteiger partial charge in [0.05, 0.1) is 19.1 Å². The van der Waals surface area contributed by atoms with Gasteiger partial charge in [0.2, 0.25) is 0 Å². The van der Waals surface area contributed by atoms with E-state index in [1.807, 2.05) is 0 Å². The largest absolute Gasteiger partial charge is 0.380 e. The van der Waals surface area contributed by atoms with Crippen LogP contribution in [0.1, 0.15) is 13.3 Å². The number of ketones is 1. The van der Waals surface area contributed by atoms with Crippen molar-refractivity contribution in [3.05, 3.63) is 0 Å². The van der Waals surface area contributed by atoms with Crippen molar-refractivity contribution < 1.29 is 9.53 Å². The van der Waals surface area contributed by atoms with Gasteiger partial charge in [-0.3, -0.25) is 9.69 Å². The number of likely N-dealkylation sites (N-methyl/N-ethyl adjacent to an activating group) is 1. The number of carbonyl (C=O) groups is 1. The van der Waals surface area contributed by atoms with Gasteiger partial charge in [-0.15, -0.1) is 0 Å². The number of Topliss-reactive ketones (excluding diaryl/α,β-unsaturated/α-hetero) is 1. The van der Waals surface area contributed by atoms with Gasteiger partial charge in [-0.2, -0.15) is 0 Å². The molecular weight excluding hydrogens is 204 g/mol. The van der Waals surface area contributed by atoms with Gasteiger partial charge in [0.1, 0.15) is 5.78 Å². The summed E-state index contributed by atoms with van der Waals surface area (Å²) in [6.45, 7) is 9.96. The van der Waals surface area contributed by atoms with E-state index in [2.05, 4.69) is 16.7 Å². The molecule has 1 unspecified atom stereocenters. The van der Waals surface area contributed by atoms with Gasteiger partial charge >= 0.3 is 0 Å². The van der Waals surface area contributed by atoms with Crippen LogP contribution in [0, 0.1) is 5.92 Å². The molecule has 2 aliphatic heterocycles. The van der Waals surface area contributed by atoms with E-state index in [0.717, 1.165) is 39.3 Å². The molecule has 0 amide bonds. The van der Waals surface area contributed by atoms with Gasteiger partial charge in [-0.1, -0.05) is 6.92 Å². The lowest BCUT2D eigenvalue weighted by Crippen LogP contribution is -2.49. The summed E-state index contributed by atoms with van der Waals surface area (Å²) >= 11 is 0. The third kappa shape index (κ3) is 3.03. The quantitative estimate of drug-likeness (QED) is 0.689. The Morgan fingerprint density at radius 3 is 2.56 bits per heavy atom. The minimum atomic E-state index is 0.127. The van der Waals surface area contributed by atoms with E-state index < -0.39 is 0 Å². The summed E-state index contributed by atoms with van der Waals surface area (Å²) in [6.07, 6.45) is 0.611. The zero-order valence-corrected chi connectivity index (χ0v) is 10.2. The lowest BCUT2D eigenvalue weighted by molar-refractivity contribution is -0.131. The van der Waals surface area contributed by atoms with E-state index in [1.54, 1.807) is 0 Å². The molecule has 4 heteroatoms. The van der Waals surface area contributed by atoms with Gasteiger partial charge in [-0.25, -0.2) is 0 Å². The van der Waals surface area contributed by atoms with Crippen LogP contribution in [0.4, 0.5) is 0 Å². The molecule has 4 nitrogen and oxygen atoms in total. The Bertz CT molecular complexity index is 237. The molecule has 16 heavy (non-hydrogen) atoms.